The van der Waals surface area contributed by atoms with Crippen LogP contribution in [0.1, 0.15) is 47.8 Å². The van der Waals surface area contributed by atoms with Gasteiger partial charge in [-0.1, -0.05) is 34.6 Å². The van der Waals surface area contributed by atoms with E-state index < -0.39 is 79.7 Å². The quantitative estimate of drug-likeness (QED) is 0.0156. The fraction of sp³-hybridized carbons (Fsp3) is 0.562. The van der Waals surface area contributed by atoms with Gasteiger partial charge in [0, 0.05) is 47.1 Å². The normalized spacial score (nSPS) is 19.4. The van der Waals surface area contributed by atoms with Crippen molar-refractivity contribution >= 4 is 41.1 Å². The number of rotatable bonds is 27. The minimum absolute atomic E-state index is 0.00155. The first-order valence-corrected chi connectivity index (χ1v) is 23.6. The molecule has 2 heterocycles. The van der Waals surface area contributed by atoms with Crippen LogP contribution in [0, 0.1) is 11.8 Å². The van der Waals surface area contributed by atoms with E-state index in [1.54, 1.807) is 24.3 Å². The lowest BCUT2D eigenvalue weighted by atomic mass is 9.93. The Balaban J connectivity index is 1.21. The molecule has 2 fully saturated rings. The average Bonchev–Trinajstić information content (AvgIpc) is 3.61. The minimum atomic E-state index is -5.82. The van der Waals surface area contributed by atoms with Gasteiger partial charge in [-0.15, -0.1) is 0 Å². The second kappa shape index (κ2) is 25.7. The molecule has 1 aromatic carbocycles. The zero-order chi connectivity index (χ0) is 47.5. The Kier molecular flexibility index (Phi) is 20.8. The number of ether oxygens (including phenoxy) is 5. The number of carbonyl (C=O) groups is 2. The van der Waals surface area contributed by atoms with Crippen molar-refractivity contribution in [2.24, 2.45) is 10.2 Å². The average molecular weight is 979 g/mol. The summed E-state index contributed by atoms with van der Waals surface area (Å²) in [6.07, 6.45) is -0.355. The van der Waals surface area contributed by atoms with Crippen LogP contribution in [0.15, 0.2) is 45.5 Å². The van der Waals surface area contributed by atoms with Gasteiger partial charge in [-0.2, -0.15) is 13.6 Å². The molecule has 30 nitrogen and oxygen atoms in total. The Hall–Kier alpha value is -4.97. The first-order valence-electron chi connectivity index (χ1n) is 19.1. The molecule has 356 valence electrons. The largest absolute Gasteiger partial charge is 0.491 e. The molecule has 9 N–H and O–H groups in total. The van der Waals surface area contributed by atoms with E-state index in [2.05, 4.69) is 66.0 Å². The molecule has 65 heavy (non-hydrogen) atoms. The first kappa shape index (κ1) is 52.7. The zero-order valence-electron chi connectivity index (χ0n) is 34.0. The predicted molar refractivity (Wildman–Crippen MR) is 220 cm³/mol. The van der Waals surface area contributed by atoms with E-state index in [0.29, 0.717) is 30.4 Å². The molecule has 4 rings (SSSR count). The van der Waals surface area contributed by atoms with E-state index in [4.69, 9.17) is 50.3 Å². The van der Waals surface area contributed by atoms with Crippen LogP contribution in [-0.4, -0.2) is 125 Å². The number of nitrogens with zero attached hydrogens (tertiary/aromatic N) is 8. The van der Waals surface area contributed by atoms with Crippen molar-refractivity contribution in [3.05, 3.63) is 73.0 Å². The van der Waals surface area contributed by atoms with Gasteiger partial charge in [0.1, 0.15) is 43.8 Å². The maximum absolute atomic E-state index is 12.8. The number of aromatic nitrogens is 2. The summed E-state index contributed by atoms with van der Waals surface area (Å²) in [7, 11) is -17.0. The highest BCUT2D eigenvalue weighted by Crippen LogP contribution is 2.66. The smallest absolute Gasteiger partial charge is 0.490 e. The van der Waals surface area contributed by atoms with Gasteiger partial charge in [-0.05, 0) is 42.1 Å². The van der Waals surface area contributed by atoms with E-state index in [1.165, 1.54) is 6.42 Å². The van der Waals surface area contributed by atoms with Gasteiger partial charge in [0.05, 0.1) is 38.0 Å². The van der Waals surface area contributed by atoms with Crippen LogP contribution >= 0.6 is 23.5 Å². The monoisotopic (exact) mass is 978 g/mol. The summed E-state index contributed by atoms with van der Waals surface area (Å²) in [4.78, 5) is 83.3. The van der Waals surface area contributed by atoms with Gasteiger partial charge >= 0.3 is 29.2 Å². The third-order valence-electron chi connectivity index (χ3n) is 8.69. The lowest BCUT2D eigenvalue weighted by Crippen LogP contribution is -2.40. The number of hydrogen-bond acceptors (Lipinski definition) is 19. The third-order valence-corrected chi connectivity index (χ3v) is 12.5. The molecule has 1 saturated heterocycles. The molecule has 2 aliphatic rings. The van der Waals surface area contributed by atoms with Gasteiger partial charge in [0.25, 0.3) is 5.91 Å². The van der Waals surface area contributed by atoms with Crippen LogP contribution in [-0.2, 0) is 50.6 Å². The van der Waals surface area contributed by atoms with Crippen LogP contribution in [0.5, 0.6) is 5.75 Å². The second-order valence-corrected chi connectivity index (χ2v) is 17.8. The van der Waals surface area contributed by atoms with Crippen LogP contribution < -0.4 is 32.1 Å². The molecule has 0 bridgehead atoms. The topological polar surface area (TPSA) is 435 Å². The summed E-state index contributed by atoms with van der Waals surface area (Å²) in [6, 6.07) is 6.98. The molecule has 2 aromatic rings. The van der Waals surface area contributed by atoms with E-state index in [9.17, 15) is 37.9 Å². The molecular weight excluding hydrogens is 933 g/mol. The second-order valence-electron chi connectivity index (χ2n) is 13.4. The van der Waals surface area contributed by atoms with Gasteiger partial charge in [0.15, 0.2) is 6.23 Å². The summed E-state index contributed by atoms with van der Waals surface area (Å²) in [5, 5.41) is 15.5. The van der Waals surface area contributed by atoms with Gasteiger partial charge < -0.3 is 64.9 Å². The molecule has 3 unspecified atom stereocenters. The molecule has 1 aromatic heterocycles. The molecule has 0 radical (unpaired) electrons. The molecule has 33 heteroatoms. The lowest BCUT2D eigenvalue weighted by Gasteiger charge is -2.26. The van der Waals surface area contributed by atoms with Crippen molar-refractivity contribution in [1.29, 1.82) is 0 Å². The SMILES string of the molecule is [N-]=[N+]=NCO[C@@H]1C[C@H](n2cc(C#CCNC(=O)COCCOC(COc3cccc(C(=O)NCCNC4CCC4)c3)N=[N+]=[N-])c(N)nc2=O)O[C@@H]1COP(=O)(O)OP(=O)(O)OP(=O)(O)O. The molecule has 0 spiro atoms. The fourth-order valence-corrected chi connectivity index (χ4v) is 8.61. The van der Waals surface area contributed by atoms with Crippen molar-refractivity contribution in [2.45, 2.75) is 56.4 Å². The number of nitrogen functional groups attached to an aromatic ring is 1. The Morgan fingerprint density at radius 2 is 1.86 bits per heavy atom. The van der Waals surface area contributed by atoms with Crippen molar-refractivity contribution in [3.8, 4) is 17.6 Å². The summed E-state index contributed by atoms with van der Waals surface area (Å²) in [5.74, 6) is 4.48. The maximum Gasteiger partial charge on any atom is 0.490 e. The zero-order valence-corrected chi connectivity index (χ0v) is 36.7. The van der Waals surface area contributed by atoms with E-state index in [1.807, 2.05) is 0 Å². The van der Waals surface area contributed by atoms with E-state index >= 15 is 0 Å². The molecule has 6 atom stereocenters. The first-order chi connectivity index (χ1) is 30.9. The number of azide groups is 2. The Morgan fingerprint density at radius 1 is 1.08 bits per heavy atom. The number of hydrogen-bond donors (Lipinski definition) is 8. The Morgan fingerprint density at radius 3 is 2.57 bits per heavy atom. The minimum Gasteiger partial charge on any atom is -0.491 e. The fourth-order valence-electron chi connectivity index (χ4n) is 5.58. The Bertz CT molecular complexity index is 2330. The number of phosphoric acid groups is 3. The van der Waals surface area contributed by atoms with E-state index in [-0.39, 0.29) is 50.1 Å². The number of nitrogens with two attached hydrogens (primary N) is 1. The highest BCUT2D eigenvalue weighted by atomic mass is 31.3. The predicted octanol–water partition coefficient (Wildman–Crippen LogP) is 1.20. The summed E-state index contributed by atoms with van der Waals surface area (Å²) in [5.41, 5.74) is 22.9. The molecule has 1 aliphatic heterocycles. The summed E-state index contributed by atoms with van der Waals surface area (Å²) in [6.45, 7) is -1.36. The third kappa shape index (κ3) is 19.2. The number of amides is 2. The van der Waals surface area contributed by atoms with Crippen LogP contribution in [0.4, 0.5) is 5.82 Å². The summed E-state index contributed by atoms with van der Waals surface area (Å²) >= 11 is 0. The van der Waals surface area contributed by atoms with Crippen LogP contribution in [0.2, 0.25) is 0 Å². The van der Waals surface area contributed by atoms with Gasteiger partial charge in [-0.25, -0.2) is 18.5 Å². The number of phosphoric ester groups is 1. The van der Waals surface area contributed by atoms with Crippen molar-refractivity contribution in [1.82, 2.24) is 25.5 Å². The number of benzene rings is 1. The van der Waals surface area contributed by atoms with Gasteiger partial charge in [-0.3, -0.25) is 18.7 Å². The summed E-state index contributed by atoms with van der Waals surface area (Å²) < 4.78 is 75.4. The Labute approximate surface area is 368 Å². The van der Waals surface area contributed by atoms with E-state index in [0.717, 1.165) is 23.6 Å². The molecule has 1 saturated carbocycles. The van der Waals surface area contributed by atoms with Gasteiger partial charge in [0.2, 0.25) is 5.91 Å². The molecule has 2 amide bonds. The van der Waals surface area contributed by atoms with Crippen molar-refractivity contribution in [3.63, 3.8) is 0 Å². The number of anilines is 1. The van der Waals surface area contributed by atoms with Crippen molar-refractivity contribution in [2.75, 3.05) is 65.1 Å². The van der Waals surface area contributed by atoms with Crippen molar-refractivity contribution < 1.29 is 79.7 Å². The highest BCUT2D eigenvalue weighted by Gasteiger charge is 2.43. The molecular formula is C32H45N12O18P3. The number of carbonyl (C=O) groups excluding carboxylic acids is 2. The highest BCUT2D eigenvalue weighted by molar-refractivity contribution is 7.66. The molecule has 1 aliphatic carbocycles. The number of nitrogens with one attached hydrogen (secondary N) is 3. The standard InChI is InChI=1S/C32H45N12O18P3/c33-30-22(16-44(32(47)40-30)29-15-25(58-20-39-42-34)26(60-29)17-59-64(51,52)62-65(53,54)61-63(48,49)50)5-3-9-37-27(45)18-55-12-13-56-28(41-43-35)19-57-24-8-1-4-21(14-24)31(46)38-11-10-36-23-6-2-7-23/h1,4,8,14,16,23,25-26,28-29,36H,2,6-7,9-13,15,17-20H2,(H,37,45)(H,38,46)(H,51,52)(H,53,54)(H2,33,40,47)(H2,48,49,50)/t25-,26-,28?,29-/m1/s1. The van der Waals surface area contributed by atoms with Crippen LogP contribution in [0.25, 0.3) is 20.9 Å². The lowest BCUT2D eigenvalue weighted by molar-refractivity contribution is -0.126. The van der Waals surface area contributed by atoms with Crippen LogP contribution in [0.3, 0.4) is 0 Å². The maximum atomic E-state index is 12.8.